The number of halogens is 2. The molecular weight excluding hydrogens is 315 g/mol. The molecule has 116 valence electrons. The summed E-state index contributed by atoms with van der Waals surface area (Å²) >= 11 is 11.9. The molecule has 0 aliphatic rings. The normalized spacial score (nSPS) is 10.5. The van der Waals surface area contributed by atoms with Gasteiger partial charge in [0.2, 0.25) is 5.91 Å². The smallest absolute Gasteiger partial charge is 0.320 e. The minimum atomic E-state index is -0.311. The summed E-state index contributed by atoms with van der Waals surface area (Å²) in [6.45, 7) is 2.66. The van der Waals surface area contributed by atoms with Gasteiger partial charge in [0.1, 0.15) is 0 Å². The highest BCUT2D eigenvalue weighted by Gasteiger charge is 2.12. The van der Waals surface area contributed by atoms with E-state index in [9.17, 15) is 9.59 Å². The molecule has 0 heterocycles. The maximum atomic E-state index is 11.9. The van der Waals surface area contributed by atoms with Gasteiger partial charge in [-0.05, 0) is 26.1 Å². The SMILES string of the molecule is CCOC(=O)CN(C)CCC(=O)Nc1c(Cl)cccc1Cl. The van der Waals surface area contributed by atoms with Crippen molar-refractivity contribution in [2.24, 2.45) is 0 Å². The van der Waals surface area contributed by atoms with Crippen LogP contribution in [0.25, 0.3) is 0 Å². The molecule has 0 fully saturated rings. The van der Waals surface area contributed by atoms with E-state index in [1.54, 1.807) is 37.1 Å². The first kappa shape index (κ1) is 17.8. The van der Waals surface area contributed by atoms with Gasteiger partial charge in [-0.3, -0.25) is 14.5 Å². The zero-order valence-electron chi connectivity index (χ0n) is 12.0. The summed E-state index contributed by atoms with van der Waals surface area (Å²) in [5.74, 6) is -0.532. The maximum absolute atomic E-state index is 11.9. The zero-order chi connectivity index (χ0) is 15.8. The number of para-hydroxylation sites is 1. The van der Waals surface area contributed by atoms with Gasteiger partial charge in [0.05, 0.1) is 28.9 Å². The van der Waals surface area contributed by atoms with Crippen LogP contribution in [0, 0.1) is 0 Å². The van der Waals surface area contributed by atoms with Crippen LogP contribution in [0.4, 0.5) is 5.69 Å². The van der Waals surface area contributed by atoms with Crippen LogP contribution in [0.15, 0.2) is 18.2 Å². The average Bonchev–Trinajstić information content (AvgIpc) is 2.41. The molecule has 7 heteroatoms. The Hall–Kier alpha value is -1.30. The predicted octanol–water partition coefficient (Wildman–Crippen LogP) is 2.82. The third kappa shape index (κ3) is 6.33. The van der Waals surface area contributed by atoms with Crippen LogP contribution in [0.5, 0.6) is 0 Å². The summed E-state index contributed by atoms with van der Waals surface area (Å²) in [5.41, 5.74) is 0.402. The molecule has 0 aromatic heterocycles. The molecule has 0 saturated carbocycles. The quantitative estimate of drug-likeness (QED) is 0.780. The van der Waals surface area contributed by atoms with Crippen molar-refractivity contribution in [2.45, 2.75) is 13.3 Å². The van der Waals surface area contributed by atoms with Crippen LogP contribution >= 0.6 is 23.2 Å². The van der Waals surface area contributed by atoms with Crippen LogP contribution < -0.4 is 5.32 Å². The highest BCUT2D eigenvalue weighted by atomic mass is 35.5. The largest absolute Gasteiger partial charge is 0.465 e. The predicted molar refractivity (Wildman–Crippen MR) is 83.8 cm³/mol. The lowest BCUT2D eigenvalue weighted by Crippen LogP contribution is -2.30. The molecule has 0 spiro atoms. The fourth-order valence-electron chi connectivity index (χ4n) is 1.62. The monoisotopic (exact) mass is 332 g/mol. The van der Waals surface area contributed by atoms with Gasteiger partial charge in [0, 0.05) is 13.0 Å². The number of rotatable bonds is 7. The number of likely N-dealkylation sites (N-methyl/N-ethyl adjacent to an activating group) is 1. The Balaban J connectivity index is 2.42. The Morgan fingerprint density at radius 2 is 1.90 bits per heavy atom. The first-order valence-corrected chi connectivity index (χ1v) is 7.27. The minimum Gasteiger partial charge on any atom is -0.465 e. The number of ether oxygens (including phenoxy) is 1. The van der Waals surface area contributed by atoms with Crippen molar-refractivity contribution >= 4 is 40.8 Å². The summed E-state index contributed by atoms with van der Waals surface area (Å²) in [4.78, 5) is 24.9. The Bertz CT molecular complexity index is 489. The van der Waals surface area contributed by atoms with Gasteiger partial charge in [-0.1, -0.05) is 29.3 Å². The molecule has 1 rings (SSSR count). The zero-order valence-corrected chi connectivity index (χ0v) is 13.5. The van der Waals surface area contributed by atoms with Crippen molar-refractivity contribution < 1.29 is 14.3 Å². The van der Waals surface area contributed by atoms with Gasteiger partial charge < -0.3 is 10.1 Å². The van der Waals surface area contributed by atoms with Crippen molar-refractivity contribution in [2.75, 3.05) is 32.1 Å². The average molecular weight is 333 g/mol. The van der Waals surface area contributed by atoms with E-state index in [0.717, 1.165) is 0 Å². The number of nitrogens with zero attached hydrogens (tertiary/aromatic N) is 1. The molecule has 0 atom stereocenters. The van der Waals surface area contributed by atoms with Gasteiger partial charge in [-0.25, -0.2) is 0 Å². The van der Waals surface area contributed by atoms with E-state index in [2.05, 4.69) is 5.32 Å². The van der Waals surface area contributed by atoms with E-state index >= 15 is 0 Å². The lowest BCUT2D eigenvalue weighted by Gasteiger charge is -2.15. The van der Waals surface area contributed by atoms with Crippen LogP contribution in [-0.2, 0) is 14.3 Å². The molecule has 0 unspecified atom stereocenters. The second kappa shape index (κ2) is 8.87. The van der Waals surface area contributed by atoms with Crippen molar-refractivity contribution in [3.05, 3.63) is 28.2 Å². The van der Waals surface area contributed by atoms with Crippen molar-refractivity contribution in [3.63, 3.8) is 0 Å². The van der Waals surface area contributed by atoms with Crippen molar-refractivity contribution in [1.82, 2.24) is 4.90 Å². The van der Waals surface area contributed by atoms with Gasteiger partial charge in [-0.2, -0.15) is 0 Å². The highest BCUT2D eigenvalue weighted by Crippen LogP contribution is 2.29. The molecule has 1 aromatic carbocycles. The molecular formula is C14H18Cl2N2O3. The van der Waals surface area contributed by atoms with Gasteiger partial charge in [0.15, 0.2) is 0 Å². The lowest BCUT2D eigenvalue weighted by molar-refractivity contribution is -0.144. The number of anilines is 1. The fraction of sp³-hybridized carbons (Fsp3) is 0.429. The number of nitrogens with one attached hydrogen (secondary N) is 1. The number of carbonyl (C=O) groups is 2. The van der Waals surface area contributed by atoms with Crippen LogP contribution in [-0.4, -0.2) is 43.5 Å². The second-order valence-electron chi connectivity index (χ2n) is 4.44. The number of benzene rings is 1. The number of amides is 1. The van der Waals surface area contributed by atoms with E-state index in [1.165, 1.54) is 0 Å². The second-order valence-corrected chi connectivity index (χ2v) is 5.25. The number of esters is 1. The van der Waals surface area contributed by atoms with E-state index in [1.807, 2.05) is 0 Å². The summed E-state index contributed by atoms with van der Waals surface area (Å²) in [5, 5.41) is 3.44. The first-order valence-electron chi connectivity index (χ1n) is 6.52. The highest BCUT2D eigenvalue weighted by molar-refractivity contribution is 6.39. The third-order valence-electron chi connectivity index (χ3n) is 2.65. The van der Waals surface area contributed by atoms with Gasteiger partial charge in [0.25, 0.3) is 0 Å². The lowest BCUT2D eigenvalue weighted by atomic mass is 10.3. The molecule has 5 nitrogen and oxygen atoms in total. The van der Waals surface area contributed by atoms with E-state index < -0.39 is 0 Å². The molecule has 0 aliphatic heterocycles. The Morgan fingerprint density at radius 1 is 1.29 bits per heavy atom. The van der Waals surface area contributed by atoms with Gasteiger partial charge in [-0.15, -0.1) is 0 Å². The molecule has 0 aliphatic carbocycles. The summed E-state index contributed by atoms with van der Waals surface area (Å²) in [6.07, 6.45) is 0.220. The minimum absolute atomic E-state index is 0.147. The molecule has 21 heavy (non-hydrogen) atoms. The maximum Gasteiger partial charge on any atom is 0.320 e. The van der Waals surface area contributed by atoms with Gasteiger partial charge >= 0.3 is 5.97 Å². The van der Waals surface area contributed by atoms with E-state index in [4.69, 9.17) is 27.9 Å². The topological polar surface area (TPSA) is 58.6 Å². The molecule has 0 saturated heterocycles. The van der Waals surface area contributed by atoms with Crippen LogP contribution in [0.3, 0.4) is 0 Å². The first-order chi connectivity index (χ1) is 9.93. The van der Waals surface area contributed by atoms with Crippen molar-refractivity contribution in [3.8, 4) is 0 Å². The summed E-state index contributed by atoms with van der Waals surface area (Å²) in [6, 6.07) is 5.00. The third-order valence-corrected chi connectivity index (χ3v) is 3.28. The van der Waals surface area contributed by atoms with E-state index in [0.29, 0.717) is 28.9 Å². The van der Waals surface area contributed by atoms with Crippen molar-refractivity contribution in [1.29, 1.82) is 0 Å². The fourth-order valence-corrected chi connectivity index (χ4v) is 2.11. The molecule has 1 N–H and O–H groups in total. The van der Waals surface area contributed by atoms with E-state index in [-0.39, 0.29) is 24.8 Å². The standard InChI is InChI=1S/C14H18Cl2N2O3/c1-3-21-13(20)9-18(2)8-7-12(19)17-14-10(15)5-4-6-11(14)16/h4-6H,3,7-9H2,1-2H3,(H,17,19). The number of hydrogen-bond acceptors (Lipinski definition) is 4. The molecule has 0 radical (unpaired) electrons. The van der Waals surface area contributed by atoms with Crippen LogP contribution in [0.2, 0.25) is 10.0 Å². The number of hydrogen-bond donors (Lipinski definition) is 1. The van der Waals surface area contributed by atoms with Crippen LogP contribution in [0.1, 0.15) is 13.3 Å². The molecule has 0 bridgehead atoms. The summed E-state index contributed by atoms with van der Waals surface area (Å²) < 4.78 is 4.83. The Labute approximate surface area is 134 Å². The number of carbonyl (C=O) groups excluding carboxylic acids is 2. The Kier molecular flexibility index (Phi) is 7.50. The molecule has 1 amide bonds. The summed E-state index contributed by atoms with van der Waals surface area (Å²) in [7, 11) is 1.74. The molecule has 1 aromatic rings. The Morgan fingerprint density at radius 3 is 2.48 bits per heavy atom.